The van der Waals surface area contributed by atoms with Crippen molar-refractivity contribution in [2.45, 2.75) is 13.0 Å². The molecule has 12 nitrogen and oxygen atoms in total. The molecule has 0 unspecified atom stereocenters. The fraction of sp³-hybridized carbons (Fsp3) is 0.172. The minimum absolute atomic E-state index is 0.114. The van der Waals surface area contributed by atoms with E-state index in [1.165, 1.54) is 0 Å². The SMILES string of the molecule is COCCOc1ccc(CNC(=O)Cc2ccc(-c3cc(Nc4c(O)c(=O)c4=O)cc(-c4nn[nH]n4)c3)cc2)cc1. The fourth-order valence-electron chi connectivity index (χ4n) is 4.13. The van der Waals surface area contributed by atoms with Crippen molar-refractivity contribution in [3.05, 3.63) is 98.3 Å². The zero-order valence-electron chi connectivity index (χ0n) is 22.0. The number of carbonyl (C=O) groups excluding carboxylic acids is 1. The Morgan fingerprint density at radius 2 is 1.63 bits per heavy atom. The Hall–Kier alpha value is -5.36. The number of nitrogens with zero attached hydrogens (tertiary/aromatic N) is 3. The minimum Gasteiger partial charge on any atom is -0.502 e. The van der Waals surface area contributed by atoms with Gasteiger partial charge in [-0.05, 0) is 57.8 Å². The number of carbonyl (C=O) groups is 1. The summed E-state index contributed by atoms with van der Waals surface area (Å²) in [5.74, 6) is 0.347. The van der Waals surface area contributed by atoms with Gasteiger partial charge < -0.3 is 25.2 Å². The molecule has 5 aromatic rings. The highest BCUT2D eigenvalue weighted by molar-refractivity contribution is 5.81. The molecule has 5 rings (SSSR count). The van der Waals surface area contributed by atoms with Crippen LogP contribution in [0.15, 0.2) is 76.3 Å². The molecular formula is C29H26N6O6. The van der Waals surface area contributed by atoms with Gasteiger partial charge in [0, 0.05) is 24.9 Å². The number of rotatable bonds is 12. The third-order valence-electron chi connectivity index (χ3n) is 6.31. The molecule has 208 valence electrons. The molecule has 41 heavy (non-hydrogen) atoms. The average Bonchev–Trinajstić information content (AvgIpc) is 3.55. The van der Waals surface area contributed by atoms with Crippen LogP contribution >= 0.6 is 0 Å². The topological polar surface area (TPSA) is 168 Å². The van der Waals surface area contributed by atoms with Crippen LogP contribution in [0.1, 0.15) is 11.1 Å². The number of aromatic amines is 1. The molecule has 0 aliphatic heterocycles. The minimum atomic E-state index is -0.928. The summed E-state index contributed by atoms with van der Waals surface area (Å²) in [7, 11) is 1.62. The number of ether oxygens (including phenoxy) is 2. The monoisotopic (exact) mass is 554 g/mol. The summed E-state index contributed by atoms with van der Waals surface area (Å²) < 4.78 is 10.5. The summed E-state index contributed by atoms with van der Waals surface area (Å²) in [6.45, 7) is 1.38. The molecule has 0 bridgehead atoms. The standard InChI is InChI=1S/C29H26N6O6/c1-40-10-11-41-23-8-4-18(5-9-23)16-30-24(36)12-17-2-6-19(7-3-17)20-13-21(29-32-34-35-33-29)15-22(14-20)31-25-26(37)28(39)27(25)38/h2-9,13-15,31,37H,10-12,16H2,1H3,(H,30,36)(H,32,33,34,35). The molecule has 4 aromatic carbocycles. The van der Waals surface area contributed by atoms with E-state index >= 15 is 0 Å². The second kappa shape index (κ2) is 12.2. The lowest BCUT2D eigenvalue weighted by molar-refractivity contribution is -0.120. The van der Waals surface area contributed by atoms with Crippen molar-refractivity contribution in [3.8, 4) is 34.0 Å². The van der Waals surface area contributed by atoms with Gasteiger partial charge >= 0.3 is 0 Å². The average molecular weight is 555 g/mol. The van der Waals surface area contributed by atoms with Gasteiger partial charge in [0.15, 0.2) is 5.75 Å². The van der Waals surface area contributed by atoms with E-state index in [0.717, 1.165) is 28.0 Å². The Balaban J connectivity index is 1.24. The number of aromatic nitrogens is 4. The molecule has 12 heteroatoms. The van der Waals surface area contributed by atoms with Gasteiger partial charge in [0.25, 0.3) is 10.9 Å². The molecule has 0 saturated carbocycles. The second-order valence-corrected chi connectivity index (χ2v) is 9.18. The highest BCUT2D eigenvalue weighted by atomic mass is 16.5. The van der Waals surface area contributed by atoms with Gasteiger partial charge in [0.05, 0.1) is 13.0 Å². The van der Waals surface area contributed by atoms with Gasteiger partial charge in [-0.1, -0.05) is 36.4 Å². The Morgan fingerprint density at radius 1 is 0.902 bits per heavy atom. The van der Waals surface area contributed by atoms with Crippen LogP contribution in [0.4, 0.5) is 11.4 Å². The first kappa shape index (κ1) is 27.2. The molecule has 0 spiro atoms. The smallest absolute Gasteiger partial charge is 0.271 e. The first-order valence-corrected chi connectivity index (χ1v) is 12.7. The summed E-state index contributed by atoms with van der Waals surface area (Å²) >= 11 is 0. The number of benzene rings is 3. The van der Waals surface area contributed by atoms with Crippen LogP contribution in [-0.4, -0.2) is 52.0 Å². The molecule has 0 aliphatic rings. The molecule has 1 heterocycles. The summed E-state index contributed by atoms with van der Waals surface area (Å²) in [5.41, 5.74) is 2.51. The second-order valence-electron chi connectivity index (χ2n) is 9.18. The van der Waals surface area contributed by atoms with Crippen LogP contribution in [0.5, 0.6) is 11.5 Å². The Kier molecular flexibility index (Phi) is 8.11. The molecule has 0 radical (unpaired) electrons. The first-order valence-electron chi connectivity index (χ1n) is 12.7. The number of methoxy groups -OCH3 is 1. The van der Waals surface area contributed by atoms with E-state index in [1.807, 2.05) is 54.6 Å². The number of H-pyrrole nitrogens is 1. The largest absolute Gasteiger partial charge is 0.502 e. The Labute approximate surface area is 233 Å². The zero-order chi connectivity index (χ0) is 28.8. The van der Waals surface area contributed by atoms with Crippen LogP contribution in [0.2, 0.25) is 0 Å². The van der Waals surface area contributed by atoms with Crippen molar-refractivity contribution in [2.75, 3.05) is 25.6 Å². The van der Waals surface area contributed by atoms with Crippen molar-refractivity contribution in [3.63, 3.8) is 0 Å². The van der Waals surface area contributed by atoms with Crippen LogP contribution in [0.3, 0.4) is 0 Å². The molecular weight excluding hydrogens is 528 g/mol. The van der Waals surface area contributed by atoms with Crippen molar-refractivity contribution in [1.82, 2.24) is 25.9 Å². The van der Waals surface area contributed by atoms with E-state index in [1.54, 1.807) is 19.2 Å². The number of hydrogen-bond donors (Lipinski definition) is 4. The van der Waals surface area contributed by atoms with E-state index < -0.39 is 16.6 Å². The molecule has 0 aliphatic carbocycles. The third-order valence-corrected chi connectivity index (χ3v) is 6.31. The van der Waals surface area contributed by atoms with Crippen LogP contribution in [0, 0.1) is 0 Å². The van der Waals surface area contributed by atoms with Crippen molar-refractivity contribution < 1.29 is 19.4 Å². The number of aromatic hydroxyl groups is 1. The van der Waals surface area contributed by atoms with E-state index in [0.29, 0.717) is 36.8 Å². The van der Waals surface area contributed by atoms with Crippen LogP contribution < -0.4 is 26.2 Å². The normalized spacial score (nSPS) is 11.0. The third kappa shape index (κ3) is 6.45. The van der Waals surface area contributed by atoms with Crippen LogP contribution in [-0.2, 0) is 22.5 Å². The highest BCUT2D eigenvalue weighted by Gasteiger charge is 2.21. The predicted octanol–water partition coefficient (Wildman–Crippen LogP) is 2.46. The van der Waals surface area contributed by atoms with Crippen molar-refractivity contribution in [2.24, 2.45) is 0 Å². The van der Waals surface area contributed by atoms with Crippen molar-refractivity contribution in [1.29, 1.82) is 0 Å². The van der Waals surface area contributed by atoms with Gasteiger partial charge in [0.1, 0.15) is 18.0 Å². The molecule has 1 amide bonds. The lowest BCUT2D eigenvalue weighted by Crippen LogP contribution is -2.32. The molecule has 1 aromatic heterocycles. The van der Waals surface area contributed by atoms with Crippen LogP contribution in [0.25, 0.3) is 22.5 Å². The van der Waals surface area contributed by atoms with E-state index in [2.05, 4.69) is 31.3 Å². The predicted molar refractivity (Wildman–Crippen MR) is 151 cm³/mol. The number of hydrogen-bond acceptors (Lipinski definition) is 10. The summed E-state index contributed by atoms with van der Waals surface area (Å²) in [6.07, 6.45) is 0.206. The summed E-state index contributed by atoms with van der Waals surface area (Å²) in [6, 6.07) is 20.3. The molecule has 0 atom stereocenters. The van der Waals surface area contributed by atoms with Gasteiger partial charge in [-0.25, -0.2) is 0 Å². The molecule has 4 N–H and O–H groups in total. The lowest BCUT2D eigenvalue weighted by Gasteiger charge is -2.13. The highest BCUT2D eigenvalue weighted by Crippen LogP contribution is 2.31. The Bertz CT molecular complexity index is 1710. The Morgan fingerprint density at radius 3 is 2.32 bits per heavy atom. The van der Waals surface area contributed by atoms with Gasteiger partial charge in [-0.3, -0.25) is 14.4 Å². The number of amides is 1. The molecule has 0 fully saturated rings. The van der Waals surface area contributed by atoms with E-state index in [4.69, 9.17) is 9.47 Å². The zero-order valence-corrected chi connectivity index (χ0v) is 22.0. The maximum absolute atomic E-state index is 12.6. The summed E-state index contributed by atoms with van der Waals surface area (Å²) in [4.78, 5) is 35.8. The fourth-order valence-corrected chi connectivity index (χ4v) is 4.13. The maximum atomic E-state index is 12.6. The van der Waals surface area contributed by atoms with Gasteiger partial charge in [-0.2, -0.15) is 5.21 Å². The quantitative estimate of drug-likeness (QED) is 0.133. The maximum Gasteiger partial charge on any atom is 0.271 e. The number of tetrazole rings is 1. The van der Waals surface area contributed by atoms with E-state index in [-0.39, 0.29) is 18.0 Å². The number of anilines is 2. The molecule has 0 saturated heterocycles. The number of nitrogens with one attached hydrogen (secondary N) is 3. The van der Waals surface area contributed by atoms with Crippen molar-refractivity contribution >= 4 is 17.3 Å². The summed E-state index contributed by atoms with van der Waals surface area (Å²) in [5, 5.41) is 29.5. The lowest BCUT2D eigenvalue weighted by atomic mass is 9.99. The van der Waals surface area contributed by atoms with E-state index in [9.17, 15) is 19.5 Å². The van der Waals surface area contributed by atoms with Gasteiger partial charge in [0.2, 0.25) is 11.7 Å². The first-order chi connectivity index (χ1) is 19.9. The van der Waals surface area contributed by atoms with Gasteiger partial charge in [-0.15, -0.1) is 10.2 Å².